The number of nitrogens with one attached hydrogen (secondary N) is 1. The van der Waals surface area contributed by atoms with Crippen molar-refractivity contribution < 1.29 is 9.18 Å². The summed E-state index contributed by atoms with van der Waals surface area (Å²) in [4.78, 5) is 16.0. The number of hydrogen-bond acceptors (Lipinski definition) is 3. The van der Waals surface area contributed by atoms with Gasteiger partial charge in [0.05, 0.1) is 16.6 Å². The van der Waals surface area contributed by atoms with Gasteiger partial charge in [0.2, 0.25) is 0 Å². The molecular formula is C17H18ClFN2OS. The van der Waals surface area contributed by atoms with E-state index in [1.54, 1.807) is 11.3 Å². The summed E-state index contributed by atoms with van der Waals surface area (Å²) >= 11 is 7.66. The lowest BCUT2D eigenvalue weighted by Crippen LogP contribution is -2.36. The fraction of sp³-hybridized carbons (Fsp3) is 0.353. The van der Waals surface area contributed by atoms with Crippen LogP contribution in [-0.4, -0.2) is 30.4 Å². The first kappa shape index (κ1) is 16.4. The van der Waals surface area contributed by atoms with Gasteiger partial charge in [-0.15, -0.1) is 11.3 Å². The van der Waals surface area contributed by atoms with Crippen molar-refractivity contribution in [3.63, 3.8) is 0 Å². The van der Waals surface area contributed by atoms with Gasteiger partial charge < -0.3 is 5.32 Å². The lowest BCUT2D eigenvalue weighted by molar-refractivity contribution is 0.0938. The highest BCUT2D eigenvalue weighted by molar-refractivity contribution is 7.10. The second-order valence-corrected chi connectivity index (χ2v) is 6.99. The van der Waals surface area contributed by atoms with Gasteiger partial charge in [-0.2, -0.15) is 0 Å². The fourth-order valence-corrected chi connectivity index (χ4v) is 4.02. The molecule has 1 N–H and O–H groups in total. The summed E-state index contributed by atoms with van der Waals surface area (Å²) in [5.74, 6) is -0.712. The Bertz CT molecular complexity index is 671. The summed E-state index contributed by atoms with van der Waals surface area (Å²) in [5.41, 5.74) is 0.305. The third kappa shape index (κ3) is 3.91. The van der Waals surface area contributed by atoms with Crippen LogP contribution in [0, 0.1) is 5.82 Å². The molecule has 1 aromatic carbocycles. The van der Waals surface area contributed by atoms with E-state index in [9.17, 15) is 9.18 Å². The van der Waals surface area contributed by atoms with Crippen molar-refractivity contribution in [1.29, 1.82) is 0 Å². The van der Waals surface area contributed by atoms with Crippen molar-refractivity contribution in [2.45, 2.75) is 18.9 Å². The standard InChI is InChI=1S/C17H18ClFN2OS/c18-14-10-12(19)5-6-13(14)17(22)20-11-15(16-4-3-9-23-16)21-7-1-2-8-21/h3-6,9-10,15H,1-2,7-8,11H2,(H,20,22)/t15-/m0/s1. The van der Waals surface area contributed by atoms with Crippen LogP contribution in [0.25, 0.3) is 0 Å². The summed E-state index contributed by atoms with van der Waals surface area (Å²) < 4.78 is 13.1. The van der Waals surface area contributed by atoms with Gasteiger partial charge in [-0.1, -0.05) is 17.7 Å². The van der Waals surface area contributed by atoms with Crippen molar-refractivity contribution in [3.05, 3.63) is 57.0 Å². The molecule has 1 atom stereocenters. The maximum absolute atomic E-state index is 13.1. The van der Waals surface area contributed by atoms with Crippen molar-refractivity contribution >= 4 is 28.8 Å². The molecule has 0 saturated carbocycles. The molecule has 0 radical (unpaired) electrons. The van der Waals surface area contributed by atoms with Crippen molar-refractivity contribution in [2.24, 2.45) is 0 Å². The highest BCUT2D eigenvalue weighted by Crippen LogP contribution is 2.28. The normalized spacial score (nSPS) is 16.4. The van der Waals surface area contributed by atoms with E-state index in [0.29, 0.717) is 12.1 Å². The van der Waals surface area contributed by atoms with E-state index in [2.05, 4.69) is 21.7 Å². The van der Waals surface area contributed by atoms with Gasteiger partial charge in [0.15, 0.2) is 0 Å². The molecule has 0 aliphatic carbocycles. The van der Waals surface area contributed by atoms with Crippen LogP contribution in [-0.2, 0) is 0 Å². The van der Waals surface area contributed by atoms with Crippen LogP contribution in [0.3, 0.4) is 0 Å². The summed E-state index contributed by atoms with van der Waals surface area (Å²) in [6.07, 6.45) is 2.39. The molecule has 2 aromatic rings. The SMILES string of the molecule is O=C(NC[C@@H](c1cccs1)N1CCCC1)c1ccc(F)cc1Cl. The van der Waals surface area contributed by atoms with Gasteiger partial charge in [-0.3, -0.25) is 9.69 Å². The Morgan fingerprint density at radius 2 is 2.13 bits per heavy atom. The zero-order valence-electron chi connectivity index (χ0n) is 12.6. The van der Waals surface area contributed by atoms with E-state index in [1.807, 2.05) is 6.07 Å². The van der Waals surface area contributed by atoms with Crippen LogP contribution in [0.15, 0.2) is 35.7 Å². The quantitative estimate of drug-likeness (QED) is 0.878. The molecule has 1 aliphatic heterocycles. The highest BCUT2D eigenvalue weighted by atomic mass is 35.5. The maximum Gasteiger partial charge on any atom is 0.252 e. The number of likely N-dealkylation sites (tertiary alicyclic amines) is 1. The number of thiophene rings is 1. The number of benzene rings is 1. The number of amides is 1. The zero-order valence-corrected chi connectivity index (χ0v) is 14.2. The first-order valence-corrected chi connectivity index (χ1v) is 8.91. The summed E-state index contributed by atoms with van der Waals surface area (Å²) in [7, 11) is 0. The molecule has 1 saturated heterocycles. The third-order valence-corrected chi connectivity index (χ3v) is 5.37. The van der Waals surface area contributed by atoms with Crippen LogP contribution in [0.2, 0.25) is 5.02 Å². The first-order valence-electron chi connectivity index (χ1n) is 7.66. The Morgan fingerprint density at radius 3 is 2.78 bits per heavy atom. The second kappa shape index (κ2) is 7.43. The molecule has 23 heavy (non-hydrogen) atoms. The Kier molecular flexibility index (Phi) is 5.30. The van der Waals surface area contributed by atoms with E-state index >= 15 is 0 Å². The molecule has 0 spiro atoms. The number of nitrogens with zero attached hydrogens (tertiary/aromatic N) is 1. The molecule has 122 valence electrons. The van der Waals surface area contributed by atoms with Gasteiger partial charge in [0.25, 0.3) is 5.91 Å². The molecule has 6 heteroatoms. The van der Waals surface area contributed by atoms with Crippen LogP contribution in [0.4, 0.5) is 4.39 Å². The smallest absolute Gasteiger partial charge is 0.252 e. The van der Waals surface area contributed by atoms with E-state index in [4.69, 9.17) is 11.6 Å². The highest BCUT2D eigenvalue weighted by Gasteiger charge is 2.25. The molecule has 1 aromatic heterocycles. The van der Waals surface area contributed by atoms with E-state index in [0.717, 1.165) is 19.2 Å². The predicted molar refractivity (Wildman–Crippen MR) is 91.6 cm³/mol. The third-order valence-electron chi connectivity index (χ3n) is 4.08. The molecule has 0 bridgehead atoms. The molecule has 1 amide bonds. The largest absolute Gasteiger partial charge is 0.350 e. The topological polar surface area (TPSA) is 32.3 Å². The van der Waals surface area contributed by atoms with Crippen LogP contribution in [0.1, 0.15) is 34.1 Å². The Labute approximate surface area is 144 Å². The lowest BCUT2D eigenvalue weighted by atomic mass is 10.1. The van der Waals surface area contributed by atoms with Crippen molar-refractivity contribution in [1.82, 2.24) is 10.2 Å². The van der Waals surface area contributed by atoms with Crippen LogP contribution < -0.4 is 5.32 Å². The Hall–Kier alpha value is -1.43. The van der Waals surface area contributed by atoms with Gasteiger partial charge in [-0.05, 0) is 55.6 Å². The Balaban J connectivity index is 1.69. The van der Waals surface area contributed by atoms with Crippen LogP contribution in [0.5, 0.6) is 0 Å². The number of carbonyl (C=O) groups is 1. The summed E-state index contributed by atoms with van der Waals surface area (Å²) in [6, 6.07) is 8.14. The molecule has 1 fully saturated rings. The van der Waals surface area contributed by atoms with E-state index in [1.165, 1.54) is 29.9 Å². The molecule has 3 nitrogen and oxygen atoms in total. The minimum absolute atomic E-state index is 0.136. The number of hydrogen-bond donors (Lipinski definition) is 1. The first-order chi connectivity index (χ1) is 11.1. The maximum atomic E-state index is 13.1. The lowest BCUT2D eigenvalue weighted by Gasteiger charge is -2.27. The molecule has 2 heterocycles. The summed E-state index contributed by atoms with van der Waals surface area (Å²) in [6.45, 7) is 2.62. The second-order valence-electron chi connectivity index (χ2n) is 5.61. The molecule has 1 aliphatic rings. The number of rotatable bonds is 5. The monoisotopic (exact) mass is 352 g/mol. The van der Waals surface area contributed by atoms with Crippen LogP contribution >= 0.6 is 22.9 Å². The van der Waals surface area contributed by atoms with Gasteiger partial charge in [0.1, 0.15) is 5.82 Å². The molecular weight excluding hydrogens is 335 g/mol. The number of halogens is 2. The predicted octanol–water partition coefficient (Wildman–Crippen LogP) is 4.11. The number of carbonyl (C=O) groups excluding carboxylic acids is 1. The van der Waals surface area contributed by atoms with Gasteiger partial charge in [-0.25, -0.2) is 4.39 Å². The average molecular weight is 353 g/mol. The molecule has 0 unspecified atom stereocenters. The van der Waals surface area contributed by atoms with Gasteiger partial charge in [0, 0.05) is 11.4 Å². The van der Waals surface area contributed by atoms with E-state index < -0.39 is 5.82 Å². The average Bonchev–Trinajstić information content (AvgIpc) is 3.21. The minimum Gasteiger partial charge on any atom is -0.350 e. The Morgan fingerprint density at radius 1 is 1.35 bits per heavy atom. The van der Waals surface area contributed by atoms with E-state index in [-0.39, 0.29) is 17.0 Å². The summed E-state index contributed by atoms with van der Waals surface area (Å²) in [5, 5.41) is 5.13. The van der Waals surface area contributed by atoms with Crippen molar-refractivity contribution in [3.8, 4) is 0 Å². The van der Waals surface area contributed by atoms with Gasteiger partial charge >= 0.3 is 0 Å². The molecule has 3 rings (SSSR count). The zero-order chi connectivity index (χ0) is 16.2. The van der Waals surface area contributed by atoms with Crippen molar-refractivity contribution in [2.75, 3.05) is 19.6 Å². The minimum atomic E-state index is -0.444. The fourth-order valence-electron chi connectivity index (χ4n) is 2.90.